The second-order valence-corrected chi connectivity index (χ2v) is 6.03. The highest BCUT2D eigenvalue weighted by molar-refractivity contribution is 7.13. The Morgan fingerprint density at radius 2 is 1.90 bits per heavy atom. The Labute approximate surface area is 122 Å². The summed E-state index contributed by atoms with van der Waals surface area (Å²) in [5.74, 6) is 0.206. The largest absolute Gasteiger partial charge is 0.508 e. The first-order valence-corrected chi connectivity index (χ1v) is 7.22. The standard InChI is InChI=1S/C15H18N2O2S/c1-9-14(20-11(3)16-9)15(19)17(4)10(2)12-5-7-13(18)8-6-12/h5-8,10,18H,1-4H3. The average molecular weight is 290 g/mol. The lowest BCUT2D eigenvalue weighted by molar-refractivity contribution is 0.0746. The van der Waals surface area contributed by atoms with Gasteiger partial charge < -0.3 is 10.0 Å². The minimum Gasteiger partial charge on any atom is -0.508 e. The maximum Gasteiger partial charge on any atom is 0.266 e. The fourth-order valence-electron chi connectivity index (χ4n) is 2.04. The van der Waals surface area contributed by atoms with Crippen LogP contribution in [0.1, 0.15) is 38.9 Å². The molecule has 0 radical (unpaired) electrons. The van der Waals surface area contributed by atoms with Gasteiger partial charge >= 0.3 is 0 Å². The number of aromatic hydroxyl groups is 1. The van der Waals surface area contributed by atoms with Crippen LogP contribution in [0, 0.1) is 13.8 Å². The van der Waals surface area contributed by atoms with Crippen molar-refractivity contribution in [2.24, 2.45) is 0 Å². The number of hydrogen-bond acceptors (Lipinski definition) is 4. The van der Waals surface area contributed by atoms with Gasteiger partial charge in [0, 0.05) is 7.05 Å². The number of hydrogen-bond donors (Lipinski definition) is 1. The van der Waals surface area contributed by atoms with Gasteiger partial charge in [0.2, 0.25) is 0 Å². The first kappa shape index (κ1) is 14.5. The Bertz CT molecular complexity index is 619. The van der Waals surface area contributed by atoms with Crippen LogP contribution in [0.25, 0.3) is 0 Å². The van der Waals surface area contributed by atoms with E-state index in [1.807, 2.05) is 32.9 Å². The molecule has 4 nitrogen and oxygen atoms in total. The Balaban J connectivity index is 2.22. The summed E-state index contributed by atoms with van der Waals surface area (Å²) in [6.45, 7) is 5.72. The number of carbonyl (C=O) groups is 1. The number of phenolic OH excluding ortho intramolecular Hbond substituents is 1. The van der Waals surface area contributed by atoms with E-state index in [1.165, 1.54) is 11.3 Å². The molecule has 0 aliphatic heterocycles. The molecule has 0 bridgehead atoms. The van der Waals surface area contributed by atoms with E-state index in [2.05, 4.69) is 4.98 Å². The van der Waals surface area contributed by atoms with Crippen LogP contribution in [0.3, 0.4) is 0 Å². The zero-order chi connectivity index (χ0) is 14.9. The highest BCUT2D eigenvalue weighted by Crippen LogP contribution is 2.25. The maximum atomic E-state index is 12.5. The number of benzene rings is 1. The predicted molar refractivity (Wildman–Crippen MR) is 80.2 cm³/mol. The van der Waals surface area contributed by atoms with Crippen LogP contribution in [0.15, 0.2) is 24.3 Å². The molecule has 1 aromatic heterocycles. The van der Waals surface area contributed by atoms with Gasteiger partial charge in [-0.1, -0.05) is 12.1 Å². The number of amides is 1. The molecule has 20 heavy (non-hydrogen) atoms. The number of carbonyl (C=O) groups excluding carboxylic acids is 1. The zero-order valence-electron chi connectivity index (χ0n) is 12.0. The minimum atomic E-state index is -0.0649. The summed E-state index contributed by atoms with van der Waals surface area (Å²) in [6.07, 6.45) is 0. The van der Waals surface area contributed by atoms with Gasteiger partial charge in [0.15, 0.2) is 0 Å². The molecular weight excluding hydrogens is 272 g/mol. The monoisotopic (exact) mass is 290 g/mol. The molecule has 106 valence electrons. The number of aromatic nitrogens is 1. The molecule has 1 N–H and O–H groups in total. The van der Waals surface area contributed by atoms with E-state index >= 15 is 0 Å². The molecule has 2 aromatic rings. The normalized spacial score (nSPS) is 12.2. The van der Waals surface area contributed by atoms with E-state index in [4.69, 9.17) is 0 Å². The molecule has 0 fully saturated rings. The highest BCUT2D eigenvalue weighted by Gasteiger charge is 2.22. The fourth-order valence-corrected chi connectivity index (χ4v) is 2.94. The van der Waals surface area contributed by atoms with Crippen molar-refractivity contribution in [2.75, 3.05) is 7.05 Å². The van der Waals surface area contributed by atoms with Crippen molar-refractivity contribution < 1.29 is 9.90 Å². The summed E-state index contributed by atoms with van der Waals surface area (Å²) in [6, 6.07) is 6.85. The van der Waals surface area contributed by atoms with E-state index in [9.17, 15) is 9.90 Å². The Morgan fingerprint density at radius 1 is 1.30 bits per heavy atom. The van der Waals surface area contributed by atoms with Crippen molar-refractivity contribution in [3.63, 3.8) is 0 Å². The van der Waals surface area contributed by atoms with E-state index in [1.54, 1.807) is 24.1 Å². The molecule has 0 saturated heterocycles. The molecular formula is C15H18N2O2S. The van der Waals surface area contributed by atoms with Gasteiger partial charge in [-0.2, -0.15) is 0 Å². The van der Waals surface area contributed by atoms with Crippen molar-refractivity contribution in [1.29, 1.82) is 0 Å². The third-order valence-corrected chi connectivity index (χ3v) is 4.44. The molecule has 1 atom stereocenters. The summed E-state index contributed by atoms with van der Waals surface area (Å²) < 4.78 is 0. The van der Waals surface area contributed by atoms with Crippen LogP contribution in [0.4, 0.5) is 0 Å². The summed E-state index contributed by atoms with van der Waals surface area (Å²) in [5.41, 5.74) is 1.76. The molecule has 1 heterocycles. The van der Waals surface area contributed by atoms with Crippen LogP contribution in [0.5, 0.6) is 5.75 Å². The number of nitrogens with zero attached hydrogens (tertiary/aromatic N) is 2. The van der Waals surface area contributed by atoms with E-state index in [-0.39, 0.29) is 17.7 Å². The molecule has 5 heteroatoms. The number of rotatable bonds is 3. The lowest BCUT2D eigenvalue weighted by Crippen LogP contribution is -2.29. The average Bonchev–Trinajstić information content (AvgIpc) is 2.76. The Kier molecular flexibility index (Phi) is 4.09. The first-order valence-electron chi connectivity index (χ1n) is 6.40. The minimum absolute atomic E-state index is 0.0197. The lowest BCUT2D eigenvalue weighted by Gasteiger charge is -2.25. The van der Waals surface area contributed by atoms with Crippen molar-refractivity contribution in [3.05, 3.63) is 45.4 Å². The Morgan fingerprint density at radius 3 is 2.40 bits per heavy atom. The maximum absolute atomic E-state index is 12.5. The van der Waals surface area contributed by atoms with Crippen LogP contribution in [-0.4, -0.2) is 27.9 Å². The molecule has 0 spiro atoms. The molecule has 1 amide bonds. The second-order valence-electron chi connectivity index (χ2n) is 4.83. The fraction of sp³-hybridized carbons (Fsp3) is 0.333. The van der Waals surface area contributed by atoms with Crippen LogP contribution in [0.2, 0.25) is 0 Å². The van der Waals surface area contributed by atoms with Gasteiger partial charge in [-0.05, 0) is 38.5 Å². The van der Waals surface area contributed by atoms with Gasteiger partial charge in [-0.15, -0.1) is 11.3 Å². The highest BCUT2D eigenvalue weighted by atomic mass is 32.1. The summed E-state index contributed by atoms with van der Waals surface area (Å²) in [4.78, 5) is 19.2. The zero-order valence-corrected chi connectivity index (χ0v) is 12.9. The molecule has 2 rings (SSSR count). The van der Waals surface area contributed by atoms with Crippen LogP contribution >= 0.6 is 11.3 Å². The van der Waals surface area contributed by atoms with E-state index < -0.39 is 0 Å². The number of aryl methyl sites for hydroxylation is 2. The number of phenols is 1. The van der Waals surface area contributed by atoms with Crippen LogP contribution < -0.4 is 0 Å². The molecule has 0 aliphatic rings. The molecule has 1 unspecified atom stereocenters. The van der Waals surface area contributed by atoms with Gasteiger partial charge in [-0.3, -0.25) is 4.79 Å². The lowest BCUT2D eigenvalue weighted by atomic mass is 10.1. The van der Waals surface area contributed by atoms with Crippen molar-refractivity contribution >= 4 is 17.2 Å². The van der Waals surface area contributed by atoms with E-state index in [0.29, 0.717) is 4.88 Å². The Hall–Kier alpha value is -1.88. The topological polar surface area (TPSA) is 53.4 Å². The molecule has 0 aliphatic carbocycles. The molecule has 0 saturated carbocycles. The third-order valence-electron chi connectivity index (χ3n) is 3.37. The predicted octanol–water partition coefficient (Wildman–Crippen LogP) is 3.30. The molecule has 1 aromatic carbocycles. The van der Waals surface area contributed by atoms with Gasteiger partial charge in [0.25, 0.3) is 5.91 Å². The smallest absolute Gasteiger partial charge is 0.266 e. The number of thiazole rings is 1. The van der Waals surface area contributed by atoms with Gasteiger partial charge in [-0.25, -0.2) is 4.98 Å². The van der Waals surface area contributed by atoms with Crippen molar-refractivity contribution in [3.8, 4) is 5.75 Å². The van der Waals surface area contributed by atoms with Gasteiger partial charge in [0.1, 0.15) is 10.6 Å². The summed E-state index contributed by atoms with van der Waals surface area (Å²) in [7, 11) is 1.79. The summed E-state index contributed by atoms with van der Waals surface area (Å²) in [5, 5.41) is 10.2. The SMILES string of the molecule is Cc1nc(C)c(C(=O)N(C)C(C)c2ccc(O)cc2)s1. The van der Waals surface area contributed by atoms with Crippen molar-refractivity contribution in [2.45, 2.75) is 26.8 Å². The quantitative estimate of drug-likeness (QED) is 0.943. The second kappa shape index (κ2) is 5.63. The van der Waals surface area contributed by atoms with Crippen molar-refractivity contribution in [1.82, 2.24) is 9.88 Å². The third kappa shape index (κ3) is 2.82. The van der Waals surface area contributed by atoms with Gasteiger partial charge in [0.05, 0.1) is 16.7 Å². The first-order chi connectivity index (χ1) is 9.40. The summed E-state index contributed by atoms with van der Waals surface area (Å²) >= 11 is 1.42. The van der Waals surface area contributed by atoms with E-state index in [0.717, 1.165) is 16.3 Å². The van der Waals surface area contributed by atoms with Crippen LogP contribution in [-0.2, 0) is 0 Å².